The zero-order valence-electron chi connectivity index (χ0n) is 11.7. The summed E-state index contributed by atoms with van der Waals surface area (Å²) in [4.78, 5) is 2.34. The van der Waals surface area contributed by atoms with Crippen molar-refractivity contribution in [3.63, 3.8) is 0 Å². The maximum Gasteiger partial charge on any atom is 0.0407 e. The van der Waals surface area contributed by atoms with E-state index >= 15 is 0 Å². The maximum absolute atomic E-state index is 6.26. The summed E-state index contributed by atoms with van der Waals surface area (Å²) in [6, 6.07) is 16.2. The molecule has 2 nitrogen and oxygen atoms in total. The maximum atomic E-state index is 6.26. The van der Waals surface area contributed by atoms with Crippen molar-refractivity contribution in [1.29, 1.82) is 0 Å². The molecule has 1 aliphatic heterocycles. The van der Waals surface area contributed by atoms with Gasteiger partial charge in [-0.3, -0.25) is 0 Å². The normalized spacial score (nSPS) is 22.3. The zero-order chi connectivity index (χ0) is 14.8. The molecule has 2 unspecified atom stereocenters. The van der Waals surface area contributed by atoms with Gasteiger partial charge in [0, 0.05) is 40.8 Å². The van der Waals surface area contributed by atoms with Crippen LogP contribution >= 0.6 is 23.2 Å². The van der Waals surface area contributed by atoms with Gasteiger partial charge in [-0.1, -0.05) is 35.3 Å². The lowest BCUT2D eigenvalue weighted by Gasteiger charge is -2.38. The van der Waals surface area contributed by atoms with Gasteiger partial charge in [0.15, 0.2) is 0 Å². The Morgan fingerprint density at radius 3 is 2.05 bits per heavy atom. The molecule has 2 aromatic rings. The van der Waals surface area contributed by atoms with Gasteiger partial charge >= 0.3 is 0 Å². The molecular weight excluding hydrogens is 303 g/mol. The van der Waals surface area contributed by atoms with Crippen molar-refractivity contribution in [2.24, 2.45) is 5.73 Å². The molecule has 1 fully saturated rings. The average molecular weight is 321 g/mol. The number of halogens is 2. The van der Waals surface area contributed by atoms with E-state index in [4.69, 9.17) is 28.9 Å². The average Bonchev–Trinajstić information content (AvgIpc) is 2.48. The Balaban J connectivity index is 1.81. The SMILES string of the molecule is NC1CC(c2ccc(Cl)cc2)CN(c2ccc(Cl)cc2)C1. The predicted octanol–water partition coefficient (Wildman–Crippen LogP) is 4.31. The third-order valence-electron chi connectivity index (χ3n) is 4.02. The van der Waals surface area contributed by atoms with Crippen LogP contribution in [0.1, 0.15) is 17.9 Å². The van der Waals surface area contributed by atoms with E-state index in [1.807, 2.05) is 24.3 Å². The minimum Gasteiger partial charge on any atom is -0.369 e. The quantitative estimate of drug-likeness (QED) is 0.893. The summed E-state index contributed by atoms with van der Waals surface area (Å²) < 4.78 is 0. The fourth-order valence-corrected chi connectivity index (χ4v) is 3.23. The minimum absolute atomic E-state index is 0.176. The van der Waals surface area contributed by atoms with Crippen molar-refractivity contribution in [3.05, 3.63) is 64.1 Å². The van der Waals surface area contributed by atoms with Gasteiger partial charge in [0.2, 0.25) is 0 Å². The van der Waals surface area contributed by atoms with Crippen molar-refractivity contribution in [2.45, 2.75) is 18.4 Å². The van der Waals surface area contributed by atoms with Crippen LogP contribution in [-0.2, 0) is 0 Å². The van der Waals surface area contributed by atoms with Crippen LogP contribution in [0.3, 0.4) is 0 Å². The highest BCUT2D eigenvalue weighted by molar-refractivity contribution is 6.30. The summed E-state index contributed by atoms with van der Waals surface area (Å²) in [5, 5.41) is 1.53. The summed E-state index contributed by atoms with van der Waals surface area (Å²) >= 11 is 11.9. The fraction of sp³-hybridized carbons (Fsp3) is 0.294. The van der Waals surface area contributed by atoms with Crippen molar-refractivity contribution in [2.75, 3.05) is 18.0 Å². The lowest BCUT2D eigenvalue weighted by Crippen LogP contribution is -2.46. The molecule has 3 rings (SSSR count). The summed E-state index contributed by atoms with van der Waals surface area (Å²) in [6.07, 6.45) is 1.01. The van der Waals surface area contributed by atoms with Gasteiger partial charge < -0.3 is 10.6 Å². The van der Waals surface area contributed by atoms with Crippen molar-refractivity contribution in [3.8, 4) is 0 Å². The molecule has 2 N–H and O–H groups in total. The Labute approximate surface area is 135 Å². The Hall–Kier alpha value is -1.22. The summed E-state index contributed by atoms with van der Waals surface area (Å²) in [5.74, 6) is 0.432. The molecule has 4 heteroatoms. The smallest absolute Gasteiger partial charge is 0.0407 e. The van der Waals surface area contributed by atoms with Crippen molar-refractivity contribution in [1.82, 2.24) is 0 Å². The predicted molar refractivity (Wildman–Crippen MR) is 90.5 cm³/mol. The van der Waals surface area contributed by atoms with Gasteiger partial charge in [0.25, 0.3) is 0 Å². The number of hydrogen-bond acceptors (Lipinski definition) is 2. The molecule has 0 aliphatic carbocycles. The standard InChI is InChI=1S/C17H18Cl2N2/c18-14-3-1-12(2-4-14)13-9-16(20)11-21(10-13)17-7-5-15(19)6-8-17/h1-8,13,16H,9-11,20H2. The number of nitrogens with two attached hydrogens (primary N) is 1. The molecule has 0 saturated carbocycles. The van der Waals surface area contributed by atoms with Crippen molar-refractivity contribution >= 4 is 28.9 Å². The number of benzene rings is 2. The highest BCUT2D eigenvalue weighted by Gasteiger charge is 2.26. The molecule has 2 atom stereocenters. The number of nitrogens with zero attached hydrogens (tertiary/aromatic N) is 1. The first-order valence-electron chi connectivity index (χ1n) is 7.13. The molecule has 1 saturated heterocycles. The number of rotatable bonds is 2. The molecule has 0 spiro atoms. The third kappa shape index (κ3) is 3.52. The van der Waals surface area contributed by atoms with Gasteiger partial charge in [-0.2, -0.15) is 0 Å². The molecule has 1 aliphatic rings. The van der Waals surface area contributed by atoms with E-state index < -0.39 is 0 Å². The fourth-order valence-electron chi connectivity index (χ4n) is 2.98. The molecule has 1 heterocycles. The van der Waals surface area contributed by atoms with E-state index in [0.29, 0.717) is 5.92 Å². The van der Waals surface area contributed by atoms with Gasteiger partial charge in [-0.05, 0) is 48.4 Å². The number of piperidine rings is 1. The Morgan fingerprint density at radius 1 is 0.857 bits per heavy atom. The molecule has 0 amide bonds. The van der Waals surface area contributed by atoms with Crippen LogP contribution in [0.2, 0.25) is 10.0 Å². The molecule has 110 valence electrons. The van der Waals surface area contributed by atoms with Crippen LogP contribution in [0.5, 0.6) is 0 Å². The second-order valence-electron chi connectivity index (χ2n) is 5.63. The Morgan fingerprint density at radius 2 is 1.43 bits per heavy atom. The van der Waals surface area contributed by atoms with Crippen LogP contribution in [0.15, 0.2) is 48.5 Å². The number of anilines is 1. The third-order valence-corrected chi connectivity index (χ3v) is 4.52. The first-order chi connectivity index (χ1) is 10.1. The van der Waals surface area contributed by atoms with Crippen LogP contribution < -0.4 is 10.6 Å². The summed E-state index contributed by atoms with van der Waals surface area (Å²) in [5.41, 5.74) is 8.73. The van der Waals surface area contributed by atoms with Gasteiger partial charge in [0.1, 0.15) is 0 Å². The van der Waals surface area contributed by atoms with E-state index in [0.717, 1.165) is 29.6 Å². The molecule has 2 aromatic carbocycles. The molecule has 21 heavy (non-hydrogen) atoms. The van der Waals surface area contributed by atoms with Gasteiger partial charge in [0.05, 0.1) is 0 Å². The molecular formula is C17H18Cl2N2. The van der Waals surface area contributed by atoms with E-state index in [1.54, 1.807) is 0 Å². The second-order valence-corrected chi connectivity index (χ2v) is 6.50. The lowest BCUT2D eigenvalue weighted by molar-refractivity contribution is 0.454. The van der Waals surface area contributed by atoms with Crippen LogP contribution in [0.4, 0.5) is 5.69 Å². The second kappa shape index (κ2) is 6.27. The van der Waals surface area contributed by atoms with Gasteiger partial charge in [-0.25, -0.2) is 0 Å². The van der Waals surface area contributed by atoms with Crippen molar-refractivity contribution < 1.29 is 0 Å². The largest absolute Gasteiger partial charge is 0.369 e. The lowest BCUT2D eigenvalue weighted by atomic mass is 9.88. The summed E-state index contributed by atoms with van der Waals surface area (Å²) in [6.45, 7) is 1.85. The minimum atomic E-state index is 0.176. The van der Waals surface area contributed by atoms with E-state index in [9.17, 15) is 0 Å². The molecule has 0 radical (unpaired) electrons. The molecule has 0 aromatic heterocycles. The van der Waals surface area contributed by atoms with Crippen LogP contribution in [0.25, 0.3) is 0 Å². The highest BCUT2D eigenvalue weighted by Crippen LogP contribution is 2.30. The van der Waals surface area contributed by atoms with E-state index in [2.05, 4.69) is 29.2 Å². The number of hydrogen-bond donors (Lipinski definition) is 1. The zero-order valence-corrected chi connectivity index (χ0v) is 13.2. The Bertz CT molecular complexity index is 542. The monoisotopic (exact) mass is 320 g/mol. The van der Waals surface area contributed by atoms with Gasteiger partial charge in [-0.15, -0.1) is 0 Å². The van der Waals surface area contributed by atoms with E-state index in [1.165, 1.54) is 11.3 Å². The first-order valence-corrected chi connectivity index (χ1v) is 7.89. The van der Waals surface area contributed by atoms with Crippen LogP contribution in [-0.4, -0.2) is 19.1 Å². The highest BCUT2D eigenvalue weighted by atomic mass is 35.5. The molecule has 0 bridgehead atoms. The van der Waals surface area contributed by atoms with E-state index in [-0.39, 0.29) is 6.04 Å². The topological polar surface area (TPSA) is 29.3 Å². The first kappa shape index (κ1) is 14.7. The Kier molecular flexibility index (Phi) is 4.39. The summed E-state index contributed by atoms with van der Waals surface area (Å²) in [7, 11) is 0. The van der Waals surface area contributed by atoms with Crippen LogP contribution in [0, 0.1) is 0 Å².